The number of halogens is 1. The molecule has 0 saturated carbocycles. The molecule has 4 heteroatoms. The standard InChI is InChI=1S/C18H16FNO2/c1-3-22-18(21)17-16(12-8-10-13(19)11-9-12)14-6-4-5-7-15(14)20(17)2/h4-11H,3H2,1-2H3. The number of fused-ring (bicyclic) bond motifs is 1. The number of nitrogens with zero attached hydrogens (tertiary/aromatic N) is 1. The first-order chi connectivity index (χ1) is 10.6. The Bertz CT molecular complexity index is 834. The van der Waals surface area contributed by atoms with Crippen molar-refractivity contribution in [2.75, 3.05) is 6.61 Å². The fourth-order valence-electron chi connectivity index (χ4n) is 2.74. The first kappa shape index (κ1) is 14.3. The van der Waals surface area contributed by atoms with E-state index in [1.807, 2.05) is 35.9 Å². The van der Waals surface area contributed by atoms with Gasteiger partial charge in [0.25, 0.3) is 0 Å². The van der Waals surface area contributed by atoms with E-state index in [9.17, 15) is 9.18 Å². The third kappa shape index (κ3) is 2.26. The maximum Gasteiger partial charge on any atom is 0.355 e. The van der Waals surface area contributed by atoms with E-state index in [-0.39, 0.29) is 11.8 Å². The molecule has 22 heavy (non-hydrogen) atoms. The summed E-state index contributed by atoms with van der Waals surface area (Å²) in [6, 6.07) is 13.9. The summed E-state index contributed by atoms with van der Waals surface area (Å²) < 4.78 is 20.2. The van der Waals surface area contributed by atoms with Crippen LogP contribution >= 0.6 is 0 Å². The molecule has 2 aromatic carbocycles. The van der Waals surface area contributed by atoms with Crippen molar-refractivity contribution in [3.8, 4) is 11.1 Å². The van der Waals surface area contributed by atoms with Crippen molar-refractivity contribution in [3.05, 3.63) is 60.0 Å². The molecule has 0 bridgehead atoms. The van der Waals surface area contributed by atoms with Crippen molar-refractivity contribution in [1.82, 2.24) is 4.57 Å². The van der Waals surface area contributed by atoms with Gasteiger partial charge in [0.1, 0.15) is 11.5 Å². The number of para-hydroxylation sites is 1. The van der Waals surface area contributed by atoms with Gasteiger partial charge in [-0.2, -0.15) is 0 Å². The van der Waals surface area contributed by atoms with E-state index in [1.165, 1.54) is 12.1 Å². The highest BCUT2D eigenvalue weighted by Crippen LogP contribution is 2.34. The largest absolute Gasteiger partial charge is 0.461 e. The van der Waals surface area contributed by atoms with E-state index >= 15 is 0 Å². The molecule has 0 spiro atoms. The molecule has 1 heterocycles. The number of carbonyl (C=O) groups is 1. The molecule has 0 radical (unpaired) electrons. The van der Waals surface area contributed by atoms with Crippen LogP contribution in [0.1, 0.15) is 17.4 Å². The van der Waals surface area contributed by atoms with Crippen LogP contribution < -0.4 is 0 Å². The van der Waals surface area contributed by atoms with E-state index in [0.717, 1.165) is 22.0 Å². The molecule has 3 rings (SSSR count). The zero-order valence-corrected chi connectivity index (χ0v) is 12.5. The number of aryl methyl sites for hydroxylation is 1. The van der Waals surface area contributed by atoms with Gasteiger partial charge in [0.15, 0.2) is 0 Å². The molecule has 1 aromatic heterocycles. The van der Waals surface area contributed by atoms with E-state index in [1.54, 1.807) is 19.1 Å². The van der Waals surface area contributed by atoms with Gasteiger partial charge in [-0.3, -0.25) is 0 Å². The number of esters is 1. The second-order valence-electron chi connectivity index (χ2n) is 5.03. The summed E-state index contributed by atoms with van der Waals surface area (Å²) in [5, 5.41) is 0.944. The third-order valence-electron chi connectivity index (χ3n) is 3.71. The van der Waals surface area contributed by atoms with Gasteiger partial charge in [-0.1, -0.05) is 30.3 Å². The molecule has 0 aliphatic rings. The molecule has 0 amide bonds. The summed E-state index contributed by atoms with van der Waals surface area (Å²) in [6.07, 6.45) is 0. The summed E-state index contributed by atoms with van der Waals surface area (Å²) in [4.78, 5) is 12.4. The smallest absolute Gasteiger partial charge is 0.355 e. The Morgan fingerprint density at radius 1 is 1.14 bits per heavy atom. The minimum absolute atomic E-state index is 0.304. The lowest BCUT2D eigenvalue weighted by Gasteiger charge is -2.07. The summed E-state index contributed by atoms with van der Waals surface area (Å²) in [5.41, 5.74) is 2.98. The van der Waals surface area contributed by atoms with Gasteiger partial charge >= 0.3 is 5.97 Å². The Labute approximate surface area is 127 Å². The van der Waals surface area contributed by atoms with E-state index < -0.39 is 0 Å². The highest BCUT2D eigenvalue weighted by Gasteiger charge is 2.22. The maximum absolute atomic E-state index is 13.2. The fourth-order valence-corrected chi connectivity index (χ4v) is 2.74. The predicted octanol–water partition coefficient (Wildman–Crippen LogP) is 4.16. The molecular formula is C18H16FNO2. The van der Waals surface area contributed by atoms with Crippen LogP contribution in [-0.2, 0) is 11.8 Å². The average molecular weight is 297 g/mol. The lowest BCUT2D eigenvalue weighted by atomic mass is 10.0. The van der Waals surface area contributed by atoms with Crippen LogP contribution in [0.15, 0.2) is 48.5 Å². The van der Waals surface area contributed by atoms with E-state index in [4.69, 9.17) is 4.74 Å². The van der Waals surface area contributed by atoms with Gasteiger partial charge < -0.3 is 9.30 Å². The summed E-state index contributed by atoms with van der Waals surface area (Å²) in [5.74, 6) is -0.679. The Kier molecular flexibility index (Phi) is 3.67. The van der Waals surface area contributed by atoms with Gasteiger partial charge in [-0.05, 0) is 30.7 Å². The third-order valence-corrected chi connectivity index (χ3v) is 3.71. The number of aromatic nitrogens is 1. The van der Waals surface area contributed by atoms with E-state index in [2.05, 4.69) is 0 Å². The SMILES string of the molecule is CCOC(=O)c1c(-c2ccc(F)cc2)c2ccccc2n1C. The number of hydrogen-bond acceptors (Lipinski definition) is 2. The Morgan fingerprint density at radius 3 is 2.50 bits per heavy atom. The summed E-state index contributed by atoms with van der Waals surface area (Å²) >= 11 is 0. The molecule has 3 nitrogen and oxygen atoms in total. The average Bonchev–Trinajstić information content (AvgIpc) is 2.82. The van der Waals surface area contributed by atoms with Crippen molar-refractivity contribution < 1.29 is 13.9 Å². The van der Waals surface area contributed by atoms with Crippen LogP contribution in [0.5, 0.6) is 0 Å². The van der Waals surface area contributed by atoms with Crippen LogP contribution in [0, 0.1) is 5.82 Å². The number of ether oxygens (including phenoxy) is 1. The highest BCUT2D eigenvalue weighted by atomic mass is 19.1. The number of carbonyl (C=O) groups excluding carboxylic acids is 1. The number of benzene rings is 2. The van der Waals surface area contributed by atoms with Crippen molar-refractivity contribution in [3.63, 3.8) is 0 Å². The zero-order chi connectivity index (χ0) is 15.7. The topological polar surface area (TPSA) is 31.2 Å². The lowest BCUT2D eigenvalue weighted by molar-refractivity contribution is 0.0517. The van der Waals surface area contributed by atoms with Crippen LogP contribution in [0.25, 0.3) is 22.0 Å². The molecule has 0 fully saturated rings. The second kappa shape index (κ2) is 5.64. The van der Waals surface area contributed by atoms with Crippen molar-refractivity contribution in [1.29, 1.82) is 0 Å². The minimum Gasteiger partial charge on any atom is -0.461 e. The number of hydrogen-bond donors (Lipinski definition) is 0. The predicted molar refractivity (Wildman–Crippen MR) is 84.3 cm³/mol. The molecule has 0 saturated heterocycles. The monoisotopic (exact) mass is 297 g/mol. The molecule has 112 valence electrons. The molecule has 0 N–H and O–H groups in total. The maximum atomic E-state index is 13.2. The molecule has 0 aliphatic carbocycles. The second-order valence-corrected chi connectivity index (χ2v) is 5.03. The highest BCUT2D eigenvalue weighted by molar-refractivity contribution is 6.08. The van der Waals surface area contributed by atoms with Gasteiger partial charge in [0, 0.05) is 23.5 Å². The quantitative estimate of drug-likeness (QED) is 0.680. The van der Waals surface area contributed by atoms with Gasteiger partial charge in [0.05, 0.1) is 6.61 Å². The van der Waals surface area contributed by atoms with Crippen LogP contribution in [0.2, 0.25) is 0 Å². The fraction of sp³-hybridized carbons (Fsp3) is 0.167. The Balaban J connectivity index is 2.32. The van der Waals surface area contributed by atoms with Crippen molar-refractivity contribution in [2.45, 2.75) is 6.92 Å². The number of rotatable bonds is 3. The Morgan fingerprint density at radius 2 is 1.82 bits per heavy atom. The van der Waals surface area contributed by atoms with Gasteiger partial charge in [0.2, 0.25) is 0 Å². The van der Waals surface area contributed by atoms with Crippen LogP contribution in [-0.4, -0.2) is 17.1 Å². The van der Waals surface area contributed by atoms with Crippen LogP contribution in [0.3, 0.4) is 0 Å². The summed E-state index contributed by atoms with van der Waals surface area (Å²) in [7, 11) is 1.83. The van der Waals surface area contributed by atoms with Crippen molar-refractivity contribution in [2.24, 2.45) is 7.05 Å². The Hall–Kier alpha value is -2.62. The zero-order valence-electron chi connectivity index (χ0n) is 12.5. The van der Waals surface area contributed by atoms with Gasteiger partial charge in [-0.25, -0.2) is 9.18 Å². The van der Waals surface area contributed by atoms with Crippen LogP contribution in [0.4, 0.5) is 4.39 Å². The van der Waals surface area contributed by atoms with E-state index in [0.29, 0.717) is 12.3 Å². The molecule has 0 atom stereocenters. The normalized spacial score (nSPS) is 10.9. The molecule has 0 aliphatic heterocycles. The minimum atomic E-state index is -0.375. The first-order valence-corrected chi connectivity index (χ1v) is 7.14. The lowest BCUT2D eigenvalue weighted by Crippen LogP contribution is -2.11. The molecule has 3 aromatic rings. The molecule has 0 unspecified atom stereocenters. The van der Waals surface area contributed by atoms with Crippen molar-refractivity contribution >= 4 is 16.9 Å². The first-order valence-electron chi connectivity index (χ1n) is 7.14. The molecular weight excluding hydrogens is 281 g/mol. The van der Waals surface area contributed by atoms with Gasteiger partial charge in [-0.15, -0.1) is 0 Å². The summed E-state index contributed by atoms with van der Waals surface area (Å²) in [6.45, 7) is 2.08.